The molecular weight excluding hydrogens is 344 g/mol. The van der Waals surface area contributed by atoms with Crippen LogP contribution in [0.25, 0.3) is 10.9 Å². The van der Waals surface area contributed by atoms with Crippen LogP contribution in [0.4, 0.5) is 4.79 Å². The standard InChI is InChI=1S/C21H28N2O4/c1-14-8-4-7-11-18(14)27-20(25)23-21(2,19(24)26-3)12-15-13-22-17-10-6-5-9-16(15)17/h5-6,9-10,13-14,18,22H,4,7-8,11-12H2,1-3H3,(H,23,25)/t14?,18?,21-/m1/s1. The number of ether oxygens (including phenoxy) is 2. The Morgan fingerprint density at radius 1 is 1.26 bits per heavy atom. The molecule has 1 aliphatic carbocycles. The molecule has 1 heterocycles. The third-order valence-corrected chi connectivity index (χ3v) is 5.52. The minimum Gasteiger partial charge on any atom is -0.467 e. The molecule has 2 aromatic rings. The van der Waals surface area contributed by atoms with E-state index in [0.717, 1.165) is 35.7 Å². The number of methoxy groups -OCH3 is 1. The molecule has 2 N–H and O–H groups in total. The van der Waals surface area contributed by atoms with E-state index in [0.29, 0.717) is 12.3 Å². The van der Waals surface area contributed by atoms with Crippen molar-refractivity contribution >= 4 is 23.0 Å². The second-order valence-corrected chi connectivity index (χ2v) is 7.69. The number of carbonyl (C=O) groups is 2. The molecule has 1 aromatic heterocycles. The van der Waals surface area contributed by atoms with Crippen molar-refractivity contribution in [2.75, 3.05) is 7.11 Å². The summed E-state index contributed by atoms with van der Waals surface area (Å²) in [6.07, 6.45) is 5.65. The summed E-state index contributed by atoms with van der Waals surface area (Å²) in [7, 11) is 1.33. The first-order valence-electron chi connectivity index (χ1n) is 9.55. The number of hydrogen-bond donors (Lipinski definition) is 2. The quantitative estimate of drug-likeness (QED) is 0.779. The third kappa shape index (κ3) is 4.26. The van der Waals surface area contributed by atoms with Crippen LogP contribution in [0, 0.1) is 5.92 Å². The Labute approximate surface area is 159 Å². The van der Waals surface area contributed by atoms with Gasteiger partial charge in [-0.05, 0) is 43.7 Å². The van der Waals surface area contributed by atoms with Crippen molar-refractivity contribution in [3.8, 4) is 0 Å². The summed E-state index contributed by atoms with van der Waals surface area (Å²) in [6.45, 7) is 3.77. The second kappa shape index (κ2) is 8.03. The Balaban J connectivity index is 1.76. The van der Waals surface area contributed by atoms with Crippen LogP contribution in [-0.4, -0.2) is 35.8 Å². The molecule has 0 aliphatic heterocycles. The molecule has 3 rings (SSSR count). The fraction of sp³-hybridized carbons (Fsp3) is 0.524. The Bertz CT molecular complexity index is 815. The van der Waals surface area contributed by atoms with Crippen LogP contribution in [-0.2, 0) is 20.7 Å². The number of fused-ring (bicyclic) bond motifs is 1. The summed E-state index contributed by atoms with van der Waals surface area (Å²) < 4.78 is 10.6. The summed E-state index contributed by atoms with van der Waals surface area (Å²) >= 11 is 0. The van der Waals surface area contributed by atoms with E-state index in [2.05, 4.69) is 17.2 Å². The fourth-order valence-electron chi connectivity index (χ4n) is 3.90. The number of benzene rings is 1. The van der Waals surface area contributed by atoms with E-state index in [1.807, 2.05) is 30.5 Å². The maximum absolute atomic E-state index is 12.5. The highest BCUT2D eigenvalue weighted by Gasteiger charge is 2.38. The minimum absolute atomic E-state index is 0.103. The van der Waals surface area contributed by atoms with Crippen LogP contribution in [0.3, 0.4) is 0 Å². The van der Waals surface area contributed by atoms with E-state index in [1.165, 1.54) is 13.5 Å². The van der Waals surface area contributed by atoms with Gasteiger partial charge in [-0.3, -0.25) is 0 Å². The first-order valence-corrected chi connectivity index (χ1v) is 9.55. The Morgan fingerprint density at radius 3 is 2.74 bits per heavy atom. The predicted molar refractivity (Wildman–Crippen MR) is 103 cm³/mol. The van der Waals surface area contributed by atoms with Gasteiger partial charge in [0.2, 0.25) is 0 Å². The number of amides is 1. The first kappa shape index (κ1) is 19.3. The summed E-state index contributed by atoms with van der Waals surface area (Å²) in [5, 5.41) is 3.78. The zero-order valence-electron chi connectivity index (χ0n) is 16.2. The third-order valence-electron chi connectivity index (χ3n) is 5.52. The van der Waals surface area contributed by atoms with Crippen LogP contribution < -0.4 is 5.32 Å². The zero-order chi connectivity index (χ0) is 19.4. The minimum atomic E-state index is -1.21. The highest BCUT2D eigenvalue weighted by molar-refractivity contribution is 5.88. The number of alkyl carbamates (subject to hydrolysis) is 1. The van der Waals surface area contributed by atoms with E-state index < -0.39 is 17.6 Å². The summed E-state index contributed by atoms with van der Waals surface area (Å²) in [4.78, 5) is 28.2. The lowest BCUT2D eigenvalue weighted by atomic mass is 9.88. The molecule has 0 radical (unpaired) electrons. The van der Waals surface area contributed by atoms with Crippen molar-refractivity contribution in [2.45, 2.75) is 57.6 Å². The van der Waals surface area contributed by atoms with Gasteiger partial charge >= 0.3 is 12.1 Å². The molecule has 6 heteroatoms. The van der Waals surface area contributed by atoms with Crippen LogP contribution in [0.1, 0.15) is 45.1 Å². The van der Waals surface area contributed by atoms with Gasteiger partial charge in [-0.1, -0.05) is 31.5 Å². The van der Waals surface area contributed by atoms with Crippen molar-refractivity contribution in [3.05, 3.63) is 36.0 Å². The van der Waals surface area contributed by atoms with Crippen LogP contribution in [0.15, 0.2) is 30.5 Å². The van der Waals surface area contributed by atoms with Crippen molar-refractivity contribution in [1.82, 2.24) is 10.3 Å². The molecule has 3 atom stereocenters. The number of H-pyrrole nitrogens is 1. The molecule has 0 bridgehead atoms. The Kier molecular flexibility index (Phi) is 5.73. The molecule has 1 amide bonds. The number of para-hydroxylation sites is 1. The van der Waals surface area contributed by atoms with Gasteiger partial charge in [-0.2, -0.15) is 0 Å². The van der Waals surface area contributed by atoms with Crippen LogP contribution in [0.2, 0.25) is 0 Å². The fourth-order valence-corrected chi connectivity index (χ4v) is 3.90. The highest BCUT2D eigenvalue weighted by atomic mass is 16.6. The van der Waals surface area contributed by atoms with E-state index >= 15 is 0 Å². The average Bonchev–Trinajstić information content (AvgIpc) is 3.05. The van der Waals surface area contributed by atoms with Gasteiger partial charge in [0.05, 0.1) is 7.11 Å². The van der Waals surface area contributed by atoms with Crippen molar-refractivity contribution in [1.29, 1.82) is 0 Å². The molecule has 0 spiro atoms. The van der Waals surface area contributed by atoms with Gasteiger partial charge in [-0.15, -0.1) is 0 Å². The van der Waals surface area contributed by atoms with Gasteiger partial charge in [0.25, 0.3) is 0 Å². The molecule has 27 heavy (non-hydrogen) atoms. The monoisotopic (exact) mass is 372 g/mol. The number of esters is 1. The van der Waals surface area contributed by atoms with Gasteiger partial charge in [0.1, 0.15) is 11.6 Å². The molecule has 146 valence electrons. The number of nitrogens with one attached hydrogen (secondary N) is 2. The maximum Gasteiger partial charge on any atom is 0.408 e. The number of carbonyl (C=O) groups excluding carboxylic acids is 2. The van der Waals surface area contributed by atoms with Crippen molar-refractivity contribution in [2.24, 2.45) is 5.92 Å². The molecule has 0 saturated heterocycles. The van der Waals surface area contributed by atoms with Crippen molar-refractivity contribution in [3.63, 3.8) is 0 Å². The lowest BCUT2D eigenvalue weighted by molar-refractivity contribution is -0.147. The van der Waals surface area contributed by atoms with Gasteiger partial charge in [-0.25, -0.2) is 9.59 Å². The largest absolute Gasteiger partial charge is 0.467 e. The molecule has 1 fully saturated rings. The zero-order valence-corrected chi connectivity index (χ0v) is 16.2. The number of rotatable bonds is 5. The van der Waals surface area contributed by atoms with Crippen LogP contribution in [0.5, 0.6) is 0 Å². The van der Waals surface area contributed by atoms with Gasteiger partial charge in [0, 0.05) is 23.5 Å². The van der Waals surface area contributed by atoms with Crippen molar-refractivity contribution < 1.29 is 19.1 Å². The predicted octanol–water partition coefficient (Wildman–Crippen LogP) is 3.95. The maximum atomic E-state index is 12.5. The SMILES string of the molecule is COC(=O)[C@@](C)(Cc1c[nH]c2ccccc12)NC(=O)OC1CCCCC1C. The first-order chi connectivity index (χ1) is 12.9. The molecule has 2 unspecified atom stereocenters. The summed E-state index contributed by atoms with van der Waals surface area (Å²) in [5.74, 6) is -0.163. The number of hydrogen-bond acceptors (Lipinski definition) is 4. The van der Waals surface area contributed by atoms with E-state index in [1.54, 1.807) is 6.92 Å². The molecular formula is C21H28N2O4. The smallest absolute Gasteiger partial charge is 0.408 e. The summed E-state index contributed by atoms with van der Waals surface area (Å²) in [6, 6.07) is 7.85. The van der Waals surface area contributed by atoms with Gasteiger partial charge in [0.15, 0.2) is 0 Å². The second-order valence-electron chi connectivity index (χ2n) is 7.69. The lowest BCUT2D eigenvalue weighted by Crippen LogP contribution is -2.55. The number of aromatic amines is 1. The van der Waals surface area contributed by atoms with Gasteiger partial charge < -0.3 is 19.8 Å². The average molecular weight is 372 g/mol. The number of aromatic nitrogens is 1. The molecule has 6 nitrogen and oxygen atoms in total. The summed E-state index contributed by atoms with van der Waals surface area (Å²) in [5.41, 5.74) is 0.706. The van der Waals surface area contributed by atoms with E-state index in [9.17, 15) is 9.59 Å². The Hall–Kier alpha value is -2.50. The van der Waals surface area contributed by atoms with Crippen LogP contribution >= 0.6 is 0 Å². The highest BCUT2D eigenvalue weighted by Crippen LogP contribution is 2.27. The van der Waals surface area contributed by atoms with E-state index in [-0.39, 0.29) is 6.10 Å². The van der Waals surface area contributed by atoms with E-state index in [4.69, 9.17) is 9.47 Å². The Morgan fingerprint density at radius 2 is 2.00 bits per heavy atom. The normalized spacial score (nSPS) is 22.0. The molecule has 1 aliphatic rings. The topological polar surface area (TPSA) is 80.4 Å². The lowest BCUT2D eigenvalue weighted by Gasteiger charge is -2.31. The molecule has 1 aromatic carbocycles. The molecule has 1 saturated carbocycles.